The van der Waals surface area contributed by atoms with Crippen molar-refractivity contribution in [3.63, 3.8) is 0 Å². The van der Waals surface area contributed by atoms with Gasteiger partial charge in [0.05, 0.1) is 11.6 Å². The maximum Gasteiger partial charge on any atom is 0.198 e. The Bertz CT molecular complexity index is 835. The van der Waals surface area contributed by atoms with E-state index in [1.165, 1.54) is 5.56 Å². The number of oxazole rings is 1. The number of nitrogens with zero attached hydrogens (tertiary/aromatic N) is 3. The van der Waals surface area contributed by atoms with E-state index in [-0.39, 0.29) is 0 Å². The van der Waals surface area contributed by atoms with Gasteiger partial charge in [-0.25, -0.2) is 4.98 Å². The van der Waals surface area contributed by atoms with E-state index in [9.17, 15) is 0 Å². The topological polar surface area (TPSA) is 53.1 Å². The van der Waals surface area contributed by atoms with Crippen LogP contribution in [0.1, 0.15) is 35.8 Å². The zero-order chi connectivity index (χ0) is 16.4. The summed E-state index contributed by atoms with van der Waals surface area (Å²) in [5.74, 6) is 1.30. The zero-order valence-electron chi connectivity index (χ0n) is 13.5. The van der Waals surface area contributed by atoms with Gasteiger partial charge >= 0.3 is 0 Å². The lowest BCUT2D eigenvalue weighted by Gasteiger charge is -2.30. The minimum absolute atomic E-state index is 0.412. The van der Waals surface area contributed by atoms with Crippen LogP contribution in [0.2, 0.25) is 0 Å². The van der Waals surface area contributed by atoms with Crippen LogP contribution >= 0.6 is 0 Å². The van der Waals surface area contributed by atoms with Crippen LogP contribution in [-0.4, -0.2) is 23.0 Å². The van der Waals surface area contributed by atoms with Gasteiger partial charge in [0.25, 0.3) is 0 Å². The summed E-state index contributed by atoms with van der Waals surface area (Å²) in [4.78, 5) is 7.11. The predicted molar refractivity (Wildman–Crippen MR) is 92.4 cm³/mol. The summed E-state index contributed by atoms with van der Waals surface area (Å²) in [6.07, 6.45) is 2.15. The SMILES string of the molecule is N#Cc1ccc(CN2CCC(c3nc4ccccc4o3)CC2)cc1. The average molecular weight is 317 g/mol. The fraction of sp³-hybridized carbons (Fsp3) is 0.300. The lowest BCUT2D eigenvalue weighted by atomic mass is 9.96. The number of hydrogen-bond acceptors (Lipinski definition) is 4. The summed E-state index contributed by atoms with van der Waals surface area (Å²) in [6.45, 7) is 3.03. The van der Waals surface area contributed by atoms with E-state index < -0.39 is 0 Å². The maximum atomic E-state index is 8.86. The lowest BCUT2D eigenvalue weighted by molar-refractivity contribution is 0.194. The van der Waals surface area contributed by atoms with Gasteiger partial charge in [0.2, 0.25) is 0 Å². The molecule has 0 saturated carbocycles. The molecule has 0 spiro atoms. The van der Waals surface area contributed by atoms with Crippen molar-refractivity contribution in [1.82, 2.24) is 9.88 Å². The minimum atomic E-state index is 0.412. The summed E-state index contributed by atoms with van der Waals surface area (Å²) in [7, 11) is 0. The van der Waals surface area contributed by atoms with Crippen molar-refractivity contribution in [3.8, 4) is 6.07 Å². The smallest absolute Gasteiger partial charge is 0.198 e. The molecule has 0 amide bonds. The predicted octanol–water partition coefficient (Wildman–Crippen LogP) is 4.08. The Balaban J connectivity index is 1.38. The number of hydrogen-bond donors (Lipinski definition) is 0. The summed E-state index contributed by atoms with van der Waals surface area (Å²) in [5, 5.41) is 8.86. The van der Waals surface area contributed by atoms with E-state index >= 15 is 0 Å². The van der Waals surface area contributed by atoms with Crippen LogP contribution in [0.25, 0.3) is 11.1 Å². The Morgan fingerprint density at radius 1 is 1.08 bits per heavy atom. The number of piperidine rings is 1. The molecular formula is C20H19N3O. The summed E-state index contributed by atoms with van der Waals surface area (Å²) >= 11 is 0. The largest absolute Gasteiger partial charge is 0.440 e. The molecule has 3 aromatic rings. The number of para-hydroxylation sites is 2. The molecule has 2 aromatic carbocycles. The third-order valence-electron chi connectivity index (χ3n) is 4.74. The summed E-state index contributed by atoms with van der Waals surface area (Å²) < 4.78 is 5.93. The van der Waals surface area contributed by atoms with Crippen LogP contribution in [0.4, 0.5) is 0 Å². The number of nitriles is 1. The fourth-order valence-electron chi connectivity index (χ4n) is 3.35. The Labute approximate surface area is 141 Å². The lowest BCUT2D eigenvalue weighted by Crippen LogP contribution is -2.32. The van der Waals surface area contributed by atoms with Crippen molar-refractivity contribution in [2.24, 2.45) is 0 Å². The molecule has 4 rings (SSSR count). The first-order chi connectivity index (χ1) is 11.8. The van der Waals surface area contributed by atoms with Crippen molar-refractivity contribution in [1.29, 1.82) is 5.26 Å². The van der Waals surface area contributed by atoms with Crippen LogP contribution in [-0.2, 0) is 6.54 Å². The van der Waals surface area contributed by atoms with E-state index in [2.05, 4.69) is 16.0 Å². The Hall–Kier alpha value is -2.64. The first-order valence-corrected chi connectivity index (χ1v) is 8.39. The molecule has 0 bridgehead atoms. The molecule has 4 heteroatoms. The molecule has 120 valence electrons. The van der Waals surface area contributed by atoms with Crippen molar-refractivity contribution >= 4 is 11.1 Å². The van der Waals surface area contributed by atoms with Crippen LogP contribution in [0.3, 0.4) is 0 Å². The van der Waals surface area contributed by atoms with Crippen molar-refractivity contribution < 1.29 is 4.42 Å². The molecule has 0 aliphatic carbocycles. The second-order valence-electron chi connectivity index (χ2n) is 6.38. The second-order valence-corrected chi connectivity index (χ2v) is 6.38. The number of likely N-dealkylation sites (tertiary alicyclic amines) is 1. The van der Waals surface area contributed by atoms with E-state index in [1.807, 2.05) is 48.5 Å². The van der Waals surface area contributed by atoms with E-state index in [4.69, 9.17) is 9.68 Å². The van der Waals surface area contributed by atoms with Gasteiger partial charge < -0.3 is 4.42 Å². The third kappa shape index (κ3) is 3.04. The van der Waals surface area contributed by atoms with Crippen molar-refractivity contribution in [3.05, 3.63) is 65.5 Å². The molecule has 2 heterocycles. The van der Waals surface area contributed by atoms with Gasteiger partial charge in [-0.3, -0.25) is 4.90 Å². The molecule has 1 aliphatic rings. The molecular weight excluding hydrogens is 298 g/mol. The molecule has 24 heavy (non-hydrogen) atoms. The highest BCUT2D eigenvalue weighted by molar-refractivity contribution is 5.72. The van der Waals surface area contributed by atoms with Gasteiger partial charge in [0.1, 0.15) is 5.52 Å². The molecule has 1 aliphatic heterocycles. The molecule has 0 radical (unpaired) electrons. The first kappa shape index (κ1) is 14.9. The summed E-state index contributed by atoms with van der Waals surface area (Å²) in [6, 6.07) is 18.0. The van der Waals surface area contributed by atoms with Gasteiger partial charge in [-0.15, -0.1) is 0 Å². The van der Waals surface area contributed by atoms with E-state index in [0.29, 0.717) is 11.5 Å². The quantitative estimate of drug-likeness (QED) is 0.730. The third-order valence-corrected chi connectivity index (χ3v) is 4.74. The van der Waals surface area contributed by atoms with Crippen LogP contribution in [0, 0.1) is 11.3 Å². The second kappa shape index (κ2) is 6.46. The maximum absolute atomic E-state index is 8.86. The Morgan fingerprint density at radius 3 is 2.54 bits per heavy atom. The van der Waals surface area contributed by atoms with Gasteiger partial charge in [0.15, 0.2) is 11.5 Å². The number of rotatable bonds is 3. The molecule has 0 N–H and O–H groups in total. The standard InChI is InChI=1S/C20H19N3O/c21-13-15-5-7-16(8-6-15)14-23-11-9-17(10-12-23)20-22-18-3-1-2-4-19(18)24-20/h1-8,17H,9-12,14H2. The van der Waals surface area contributed by atoms with Gasteiger partial charge in [-0.1, -0.05) is 24.3 Å². The van der Waals surface area contributed by atoms with Crippen molar-refractivity contribution in [2.45, 2.75) is 25.3 Å². The van der Waals surface area contributed by atoms with Crippen LogP contribution < -0.4 is 0 Å². The highest BCUT2D eigenvalue weighted by atomic mass is 16.3. The van der Waals surface area contributed by atoms with Crippen molar-refractivity contribution in [2.75, 3.05) is 13.1 Å². The average Bonchev–Trinajstić information content (AvgIpc) is 3.07. The molecule has 1 fully saturated rings. The number of benzene rings is 2. The van der Waals surface area contributed by atoms with Crippen LogP contribution in [0.15, 0.2) is 52.9 Å². The Kier molecular flexibility index (Phi) is 4.02. The minimum Gasteiger partial charge on any atom is -0.440 e. The summed E-state index contributed by atoms with van der Waals surface area (Å²) in [5.41, 5.74) is 3.81. The molecule has 1 saturated heterocycles. The monoisotopic (exact) mass is 317 g/mol. The van der Waals surface area contributed by atoms with Gasteiger partial charge in [-0.2, -0.15) is 5.26 Å². The van der Waals surface area contributed by atoms with Gasteiger partial charge in [0, 0.05) is 12.5 Å². The number of fused-ring (bicyclic) bond motifs is 1. The van der Waals surface area contributed by atoms with Crippen LogP contribution in [0.5, 0.6) is 0 Å². The van der Waals surface area contributed by atoms with E-state index in [1.54, 1.807) is 0 Å². The highest BCUT2D eigenvalue weighted by Crippen LogP contribution is 2.30. The molecule has 0 atom stereocenters. The molecule has 4 nitrogen and oxygen atoms in total. The zero-order valence-corrected chi connectivity index (χ0v) is 13.5. The van der Waals surface area contributed by atoms with E-state index in [0.717, 1.165) is 49.5 Å². The first-order valence-electron chi connectivity index (χ1n) is 8.39. The molecule has 0 unspecified atom stereocenters. The molecule has 1 aromatic heterocycles. The normalized spacial score (nSPS) is 16.3. The van der Waals surface area contributed by atoms with Gasteiger partial charge in [-0.05, 0) is 55.8 Å². The Morgan fingerprint density at radius 2 is 1.83 bits per heavy atom. The highest BCUT2D eigenvalue weighted by Gasteiger charge is 2.24. The fourth-order valence-corrected chi connectivity index (χ4v) is 3.35. The number of aromatic nitrogens is 1.